The van der Waals surface area contributed by atoms with Gasteiger partial charge in [-0.3, -0.25) is 0 Å². The summed E-state index contributed by atoms with van der Waals surface area (Å²) in [6, 6.07) is 3.68. The highest BCUT2D eigenvalue weighted by Crippen LogP contribution is 2.17. The van der Waals surface area contributed by atoms with Crippen molar-refractivity contribution in [2.75, 3.05) is 18.1 Å². The first-order valence-electron chi connectivity index (χ1n) is 6.56. The van der Waals surface area contributed by atoms with Gasteiger partial charge < -0.3 is 9.72 Å². The number of nitrogens with one attached hydrogen (secondary N) is 1. The highest BCUT2D eigenvalue weighted by atomic mass is 35.5. The number of hydrogen-bond donors (Lipinski definition) is 1. The molecule has 0 radical (unpaired) electrons. The lowest BCUT2D eigenvalue weighted by Crippen LogP contribution is -2.23. The summed E-state index contributed by atoms with van der Waals surface area (Å²) >= 11 is 5.92. The summed E-state index contributed by atoms with van der Waals surface area (Å²) in [7, 11) is -2.79. The van der Waals surface area contributed by atoms with Gasteiger partial charge in [-0.05, 0) is 31.0 Å². The van der Waals surface area contributed by atoms with Crippen LogP contribution in [0.25, 0.3) is 5.65 Å². The smallest absolute Gasteiger partial charge is 0.150 e. The fraction of sp³-hybridized carbons (Fsp3) is 0.462. The van der Waals surface area contributed by atoms with E-state index in [0.29, 0.717) is 29.6 Å². The normalized spacial score (nSPS) is 21.6. The van der Waals surface area contributed by atoms with E-state index in [1.54, 1.807) is 0 Å². The van der Waals surface area contributed by atoms with Crippen molar-refractivity contribution in [1.82, 2.24) is 14.7 Å². The van der Waals surface area contributed by atoms with E-state index in [1.807, 2.05) is 28.9 Å². The molecule has 1 saturated heterocycles. The summed E-state index contributed by atoms with van der Waals surface area (Å²) in [4.78, 5) is 4.47. The first-order valence-corrected chi connectivity index (χ1v) is 8.76. The van der Waals surface area contributed by atoms with E-state index in [2.05, 4.69) is 10.3 Å². The van der Waals surface area contributed by atoms with Gasteiger partial charge in [-0.15, -0.1) is 0 Å². The van der Waals surface area contributed by atoms with Gasteiger partial charge in [-0.25, -0.2) is 13.4 Å². The summed E-state index contributed by atoms with van der Waals surface area (Å²) in [5.74, 6) is 0.860. The van der Waals surface area contributed by atoms with E-state index in [0.717, 1.165) is 17.8 Å². The maximum atomic E-state index is 11.4. The molecular weight excluding hydrogens is 298 g/mol. The number of imidazole rings is 1. The maximum Gasteiger partial charge on any atom is 0.150 e. The molecular formula is C13H16ClN3O2S. The van der Waals surface area contributed by atoms with Crippen LogP contribution in [0.15, 0.2) is 24.5 Å². The summed E-state index contributed by atoms with van der Waals surface area (Å²) < 4.78 is 24.6. The molecule has 3 heterocycles. The molecule has 0 aromatic carbocycles. The second-order valence-electron chi connectivity index (χ2n) is 5.24. The zero-order chi connectivity index (χ0) is 14.2. The lowest BCUT2D eigenvalue weighted by atomic mass is 10.1. The quantitative estimate of drug-likeness (QED) is 0.929. The summed E-state index contributed by atoms with van der Waals surface area (Å²) in [5.41, 5.74) is 1.78. The minimum absolute atomic E-state index is 0.228. The van der Waals surface area contributed by atoms with Gasteiger partial charge in [-0.1, -0.05) is 11.6 Å². The highest BCUT2D eigenvalue weighted by molar-refractivity contribution is 7.91. The third kappa shape index (κ3) is 3.13. The number of nitrogens with zero attached hydrogens (tertiary/aromatic N) is 2. The van der Waals surface area contributed by atoms with Gasteiger partial charge in [-0.2, -0.15) is 0 Å². The molecule has 1 fully saturated rings. The third-order valence-corrected chi connectivity index (χ3v) is 5.59. The molecule has 1 aliphatic heterocycles. The average Bonchev–Trinajstić information content (AvgIpc) is 2.92. The van der Waals surface area contributed by atoms with Crippen LogP contribution in [0, 0.1) is 5.92 Å². The summed E-state index contributed by atoms with van der Waals surface area (Å²) in [6.07, 6.45) is 4.51. The van der Waals surface area contributed by atoms with Gasteiger partial charge in [0.2, 0.25) is 0 Å². The number of pyridine rings is 1. The van der Waals surface area contributed by atoms with Crippen LogP contribution >= 0.6 is 11.6 Å². The number of hydrogen-bond acceptors (Lipinski definition) is 4. The molecule has 2 aromatic heterocycles. The van der Waals surface area contributed by atoms with Crippen molar-refractivity contribution in [3.05, 3.63) is 35.2 Å². The maximum absolute atomic E-state index is 11.4. The standard InChI is InChI=1S/C13H16ClN3O2S/c14-11-1-2-13-16-12(8-17(13)7-11)6-15-5-10-3-4-20(18,19)9-10/h1-2,7-8,10,15H,3-6,9H2. The van der Waals surface area contributed by atoms with Crippen molar-refractivity contribution in [3.8, 4) is 0 Å². The topological polar surface area (TPSA) is 63.5 Å². The number of sulfone groups is 1. The van der Waals surface area contributed by atoms with Crippen molar-refractivity contribution in [1.29, 1.82) is 0 Å². The Kier molecular flexibility index (Phi) is 3.70. The Hall–Kier alpha value is -1.11. The Bertz CT molecular complexity index is 726. The van der Waals surface area contributed by atoms with Gasteiger partial charge in [0.15, 0.2) is 9.84 Å². The second-order valence-corrected chi connectivity index (χ2v) is 7.91. The summed E-state index contributed by atoms with van der Waals surface area (Å²) in [6.45, 7) is 1.35. The molecule has 1 unspecified atom stereocenters. The Labute approximate surface area is 122 Å². The molecule has 7 heteroatoms. The first kappa shape index (κ1) is 13.9. The van der Waals surface area contributed by atoms with Crippen LogP contribution in [-0.2, 0) is 16.4 Å². The van der Waals surface area contributed by atoms with Crippen LogP contribution in [-0.4, -0.2) is 35.9 Å². The number of rotatable bonds is 4. The molecule has 0 saturated carbocycles. The molecule has 0 bridgehead atoms. The van der Waals surface area contributed by atoms with Crippen molar-refractivity contribution in [3.63, 3.8) is 0 Å². The molecule has 108 valence electrons. The van der Waals surface area contributed by atoms with E-state index in [9.17, 15) is 8.42 Å². The van der Waals surface area contributed by atoms with E-state index < -0.39 is 9.84 Å². The van der Waals surface area contributed by atoms with Crippen LogP contribution in [0.3, 0.4) is 0 Å². The Morgan fingerprint density at radius 3 is 3.00 bits per heavy atom. The molecule has 1 N–H and O–H groups in total. The zero-order valence-electron chi connectivity index (χ0n) is 10.9. The van der Waals surface area contributed by atoms with Crippen LogP contribution in [0.4, 0.5) is 0 Å². The predicted molar refractivity (Wildman–Crippen MR) is 78.7 cm³/mol. The summed E-state index contributed by atoms with van der Waals surface area (Å²) in [5, 5.41) is 3.96. The van der Waals surface area contributed by atoms with E-state index >= 15 is 0 Å². The largest absolute Gasteiger partial charge is 0.311 e. The lowest BCUT2D eigenvalue weighted by Gasteiger charge is -2.07. The van der Waals surface area contributed by atoms with Crippen LogP contribution < -0.4 is 5.32 Å². The second kappa shape index (κ2) is 5.35. The average molecular weight is 314 g/mol. The van der Waals surface area contributed by atoms with E-state index in [-0.39, 0.29) is 5.92 Å². The van der Waals surface area contributed by atoms with Gasteiger partial charge in [0.05, 0.1) is 22.2 Å². The Balaban J connectivity index is 1.57. The van der Waals surface area contributed by atoms with Crippen molar-refractivity contribution in [2.24, 2.45) is 5.92 Å². The van der Waals surface area contributed by atoms with Crippen molar-refractivity contribution < 1.29 is 8.42 Å². The van der Waals surface area contributed by atoms with Gasteiger partial charge in [0, 0.05) is 18.9 Å². The fourth-order valence-corrected chi connectivity index (χ4v) is 4.57. The molecule has 1 aliphatic rings. The Morgan fingerprint density at radius 2 is 2.25 bits per heavy atom. The zero-order valence-corrected chi connectivity index (χ0v) is 12.5. The van der Waals surface area contributed by atoms with Gasteiger partial charge in [0.25, 0.3) is 0 Å². The molecule has 0 aliphatic carbocycles. The first-order chi connectivity index (χ1) is 9.52. The van der Waals surface area contributed by atoms with Gasteiger partial charge >= 0.3 is 0 Å². The SMILES string of the molecule is O=S1(=O)CCC(CNCc2cn3cc(Cl)ccc3n2)C1. The highest BCUT2D eigenvalue weighted by Gasteiger charge is 2.27. The van der Waals surface area contributed by atoms with Crippen molar-refractivity contribution in [2.45, 2.75) is 13.0 Å². The van der Waals surface area contributed by atoms with Crippen LogP contribution in [0.2, 0.25) is 5.02 Å². The molecule has 0 spiro atoms. The van der Waals surface area contributed by atoms with Crippen molar-refractivity contribution >= 4 is 27.1 Å². The number of halogens is 1. The third-order valence-electron chi connectivity index (χ3n) is 3.53. The monoisotopic (exact) mass is 313 g/mol. The van der Waals surface area contributed by atoms with Gasteiger partial charge in [0.1, 0.15) is 5.65 Å². The van der Waals surface area contributed by atoms with Crippen LogP contribution in [0.5, 0.6) is 0 Å². The fourth-order valence-electron chi connectivity index (χ4n) is 2.54. The molecule has 5 nitrogen and oxygen atoms in total. The number of fused-ring (bicyclic) bond motifs is 1. The molecule has 3 rings (SSSR count). The molecule has 1 atom stereocenters. The Morgan fingerprint density at radius 1 is 1.40 bits per heavy atom. The van der Waals surface area contributed by atoms with E-state index in [1.165, 1.54) is 0 Å². The lowest BCUT2D eigenvalue weighted by molar-refractivity contribution is 0.518. The number of aromatic nitrogens is 2. The predicted octanol–water partition coefficient (Wildman–Crippen LogP) is 1.51. The minimum atomic E-state index is -2.79. The van der Waals surface area contributed by atoms with E-state index in [4.69, 9.17) is 11.6 Å². The molecule has 20 heavy (non-hydrogen) atoms. The minimum Gasteiger partial charge on any atom is -0.311 e. The molecule has 2 aromatic rings. The molecule has 0 amide bonds. The van der Waals surface area contributed by atoms with Crippen LogP contribution in [0.1, 0.15) is 12.1 Å².